The van der Waals surface area contributed by atoms with E-state index in [1.807, 2.05) is 36.7 Å². The maximum Gasteiger partial charge on any atom is 0.230 e. The maximum absolute atomic E-state index is 13.1. The van der Waals surface area contributed by atoms with E-state index in [2.05, 4.69) is 15.0 Å². The van der Waals surface area contributed by atoms with Gasteiger partial charge in [0.1, 0.15) is 5.76 Å². The molecule has 2 aromatic rings. The smallest absolute Gasteiger partial charge is 0.230 e. The van der Waals surface area contributed by atoms with Gasteiger partial charge in [0.2, 0.25) is 11.8 Å². The van der Waals surface area contributed by atoms with Crippen LogP contribution in [0.3, 0.4) is 0 Å². The van der Waals surface area contributed by atoms with Crippen LogP contribution in [0.5, 0.6) is 0 Å². The Labute approximate surface area is 154 Å². The Kier molecular flexibility index (Phi) is 4.56. The normalized spacial score (nSPS) is 21.0. The van der Waals surface area contributed by atoms with Gasteiger partial charge in [-0.15, -0.1) is 0 Å². The maximum atomic E-state index is 13.1. The molecule has 4 rings (SSSR count). The minimum atomic E-state index is -0.0176. The zero-order chi connectivity index (χ0) is 18.3. The fourth-order valence-corrected chi connectivity index (χ4v) is 4.07. The minimum Gasteiger partial charge on any atom is -0.444 e. The lowest BCUT2D eigenvalue weighted by atomic mass is 9.86. The van der Waals surface area contributed by atoms with Crippen molar-refractivity contribution in [2.45, 2.75) is 45.6 Å². The lowest BCUT2D eigenvalue weighted by molar-refractivity contribution is -0.135. The average Bonchev–Trinajstić information content (AvgIpc) is 3.15. The number of rotatable bonds is 3. The van der Waals surface area contributed by atoms with Crippen molar-refractivity contribution in [3.8, 4) is 0 Å². The van der Waals surface area contributed by atoms with Gasteiger partial charge in [0, 0.05) is 45.0 Å². The van der Waals surface area contributed by atoms with Gasteiger partial charge in [0.15, 0.2) is 0 Å². The molecule has 3 heterocycles. The summed E-state index contributed by atoms with van der Waals surface area (Å²) in [4.78, 5) is 21.9. The van der Waals surface area contributed by atoms with E-state index in [0.29, 0.717) is 6.54 Å². The van der Waals surface area contributed by atoms with Crippen molar-refractivity contribution in [1.29, 1.82) is 0 Å². The number of nitrogens with zero attached hydrogens (tertiary/aromatic N) is 5. The van der Waals surface area contributed by atoms with E-state index in [-0.39, 0.29) is 11.8 Å². The third kappa shape index (κ3) is 3.28. The van der Waals surface area contributed by atoms with E-state index in [4.69, 9.17) is 4.42 Å². The zero-order valence-electron chi connectivity index (χ0n) is 15.9. The topological polar surface area (TPSA) is 67.4 Å². The van der Waals surface area contributed by atoms with Gasteiger partial charge in [-0.25, -0.2) is 4.98 Å². The molecule has 140 valence electrons. The monoisotopic (exact) mass is 357 g/mol. The van der Waals surface area contributed by atoms with Crippen LogP contribution in [-0.2, 0) is 24.8 Å². The second kappa shape index (κ2) is 6.87. The molecule has 0 saturated carbocycles. The number of carbonyl (C=O) groups is 1. The first-order valence-electron chi connectivity index (χ1n) is 9.47. The molecule has 2 aromatic heterocycles. The van der Waals surface area contributed by atoms with E-state index < -0.39 is 0 Å². The molecule has 2 aliphatic rings. The lowest BCUT2D eigenvalue weighted by Crippen LogP contribution is -2.49. The van der Waals surface area contributed by atoms with Gasteiger partial charge in [0.05, 0.1) is 23.9 Å². The highest BCUT2D eigenvalue weighted by atomic mass is 16.4. The molecule has 1 aliphatic heterocycles. The van der Waals surface area contributed by atoms with Crippen LogP contribution in [0.2, 0.25) is 0 Å². The molecule has 26 heavy (non-hydrogen) atoms. The summed E-state index contributed by atoms with van der Waals surface area (Å²) in [5.74, 6) is 1.91. The van der Waals surface area contributed by atoms with Crippen molar-refractivity contribution in [3.05, 3.63) is 34.8 Å². The van der Waals surface area contributed by atoms with Crippen LogP contribution in [0.15, 0.2) is 10.6 Å². The average molecular weight is 357 g/mol. The van der Waals surface area contributed by atoms with Gasteiger partial charge in [-0.3, -0.25) is 14.4 Å². The van der Waals surface area contributed by atoms with Gasteiger partial charge < -0.3 is 9.32 Å². The third-order valence-electron chi connectivity index (χ3n) is 5.63. The Hall–Kier alpha value is -2.15. The van der Waals surface area contributed by atoms with E-state index in [1.165, 1.54) is 0 Å². The van der Waals surface area contributed by atoms with Gasteiger partial charge in [-0.2, -0.15) is 5.10 Å². The summed E-state index contributed by atoms with van der Waals surface area (Å²) in [7, 11) is 1.94. The van der Waals surface area contributed by atoms with Crippen LogP contribution in [-0.4, -0.2) is 56.7 Å². The Morgan fingerprint density at radius 2 is 2.04 bits per heavy atom. The van der Waals surface area contributed by atoms with Gasteiger partial charge in [-0.05, 0) is 33.1 Å². The van der Waals surface area contributed by atoms with Crippen LogP contribution >= 0.6 is 0 Å². The Bertz CT molecular complexity index is 781. The van der Waals surface area contributed by atoms with Gasteiger partial charge in [0.25, 0.3) is 0 Å². The number of carbonyl (C=O) groups excluding carboxylic acids is 1. The summed E-state index contributed by atoms with van der Waals surface area (Å²) in [6.07, 6.45) is 5.00. The van der Waals surface area contributed by atoms with E-state index in [1.54, 1.807) is 0 Å². The minimum absolute atomic E-state index is 0.0176. The zero-order valence-corrected chi connectivity index (χ0v) is 15.9. The van der Waals surface area contributed by atoms with E-state index >= 15 is 0 Å². The highest BCUT2D eigenvalue weighted by molar-refractivity contribution is 5.84. The molecule has 1 fully saturated rings. The Morgan fingerprint density at radius 3 is 2.73 bits per heavy atom. The predicted octanol–water partition coefficient (Wildman–Crippen LogP) is 1.79. The van der Waals surface area contributed by atoms with Crippen molar-refractivity contribution in [3.63, 3.8) is 0 Å². The quantitative estimate of drug-likeness (QED) is 0.838. The predicted molar refractivity (Wildman–Crippen MR) is 96.7 cm³/mol. The largest absolute Gasteiger partial charge is 0.444 e. The Balaban J connectivity index is 1.37. The molecular weight excluding hydrogens is 330 g/mol. The molecule has 0 radical (unpaired) electrons. The fourth-order valence-electron chi connectivity index (χ4n) is 4.07. The van der Waals surface area contributed by atoms with Crippen molar-refractivity contribution in [2.75, 3.05) is 26.2 Å². The van der Waals surface area contributed by atoms with Gasteiger partial charge in [-0.1, -0.05) is 0 Å². The number of oxazole rings is 1. The molecule has 1 aliphatic carbocycles. The molecule has 0 aromatic carbocycles. The molecule has 1 unspecified atom stereocenters. The molecule has 0 spiro atoms. The van der Waals surface area contributed by atoms with Gasteiger partial charge >= 0.3 is 0 Å². The Morgan fingerprint density at radius 1 is 1.27 bits per heavy atom. The van der Waals surface area contributed by atoms with Crippen LogP contribution in [0.1, 0.15) is 47.4 Å². The summed E-state index contributed by atoms with van der Waals surface area (Å²) < 4.78 is 7.53. The summed E-state index contributed by atoms with van der Waals surface area (Å²) in [6, 6.07) is 0. The molecule has 1 atom stereocenters. The van der Waals surface area contributed by atoms with Crippen LogP contribution in [0.25, 0.3) is 0 Å². The van der Waals surface area contributed by atoms with Crippen molar-refractivity contribution in [1.82, 2.24) is 24.6 Å². The molecule has 7 heteroatoms. The first-order chi connectivity index (χ1) is 12.5. The highest BCUT2D eigenvalue weighted by Crippen LogP contribution is 2.32. The number of amides is 1. The molecular formula is C19H27N5O2. The first-order valence-corrected chi connectivity index (χ1v) is 9.47. The SMILES string of the molecule is Cc1nc(CN2CCN(C(=O)C3CCCc4nn(C)cc43)CC2)oc1C. The third-order valence-corrected chi connectivity index (χ3v) is 5.63. The molecule has 0 N–H and O–H groups in total. The molecule has 1 saturated heterocycles. The molecule has 1 amide bonds. The van der Waals surface area contributed by atoms with Crippen molar-refractivity contribution < 1.29 is 9.21 Å². The number of aryl methyl sites for hydroxylation is 4. The van der Waals surface area contributed by atoms with Crippen LogP contribution in [0, 0.1) is 13.8 Å². The van der Waals surface area contributed by atoms with E-state index in [0.717, 1.165) is 74.0 Å². The van der Waals surface area contributed by atoms with Crippen molar-refractivity contribution >= 4 is 5.91 Å². The number of hydrogen-bond donors (Lipinski definition) is 0. The number of hydrogen-bond acceptors (Lipinski definition) is 5. The highest BCUT2D eigenvalue weighted by Gasteiger charge is 2.33. The van der Waals surface area contributed by atoms with Crippen molar-refractivity contribution in [2.24, 2.45) is 7.05 Å². The standard InChI is InChI=1S/C19H27N5O2/c1-13-14(2)26-18(20-13)12-23-7-9-24(10-8-23)19(25)15-5-4-6-17-16(15)11-22(3)21-17/h11,15H,4-10,12H2,1-3H3. The van der Waals surface area contributed by atoms with Crippen LogP contribution in [0.4, 0.5) is 0 Å². The summed E-state index contributed by atoms with van der Waals surface area (Å²) in [5.41, 5.74) is 3.20. The second-order valence-electron chi connectivity index (χ2n) is 7.50. The molecule has 7 nitrogen and oxygen atoms in total. The second-order valence-corrected chi connectivity index (χ2v) is 7.50. The first kappa shape index (κ1) is 17.3. The molecule has 0 bridgehead atoms. The lowest BCUT2D eigenvalue weighted by Gasteiger charge is -2.36. The summed E-state index contributed by atoms with van der Waals surface area (Å²) >= 11 is 0. The number of aromatic nitrogens is 3. The summed E-state index contributed by atoms with van der Waals surface area (Å²) in [5, 5.41) is 4.52. The number of piperazine rings is 1. The van der Waals surface area contributed by atoms with Crippen LogP contribution < -0.4 is 0 Å². The summed E-state index contributed by atoms with van der Waals surface area (Å²) in [6.45, 7) is 7.88. The van der Waals surface area contributed by atoms with E-state index in [9.17, 15) is 4.79 Å². The fraction of sp³-hybridized carbons (Fsp3) is 0.632. The number of fused-ring (bicyclic) bond motifs is 1.